The number of fused-ring (bicyclic) bond motifs is 12. The predicted octanol–water partition coefficient (Wildman–Crippen LogP) is 19.7. The molecule has 0 N–H and O–H groups in total. The van der Waals surface area contributed by atoms with Gasteiger partial charge < -0.3 is 18.6 Å². The summed E-state index contributed by atoms with van der Waals surface area (Å²) in [6.45, 7) is 6.67. The number of rotatable bonds is 9. The monoisotopic (exact) mass is 946 g/mol. The van der Waals surface area contributed by atoms with Gasteiger partial charge in [-0.3, -0.25) is 0 Å². The molecular weight excluding hydrogens is 897 g/mol. The van der Waals surface area contributed by atoms with E-state index in [9.17, 15) is 0 Å². The average Bonchev–Trinajstić information content (AvgIpc) is 4.19. The summed E-state index contributed by atoms with van der Waals surface area (Å²) in [4.78, 5) is 4.80. The summed E-state index contributed by atoms with van der Waals surface area (Å²) in [6.07, 6.45) is 0. The molecule has 0 aliphatic heterocycles. The van der Waals surface area contributed by atoms with Crippen LogP contribution in [-0.4, -0.2) is 8.80 Å². The van der Waals surface area contributed by atoms with Crippen molar-refractivity contribution in [2.45, 2.75) is 26.7 Å². The lowest BCUT2D eigenvalue weighted by Crippen LogP contribution is -2.10. The van der Waals surface area contributed by atoms with Crippen LogP contribution in [0.5, 0.6) is 0 Å². The number of benzene rings is 11. The zero-order valence-electron chi connectivity index (χ0n) is 41.5. The van der Waals surface area contributed by atoms with Gasteiger partial charge in [0.25, 0.3) is 0 Å². The molecule has 0 radical (unpaired) electrons. The van der Waals surface area contributed by atoms with Gasteiger partial charge >= 0.3 is 0 Å². The van der Waals surface area contributed by atoms with Crippen LogP contribution in [0.15, 0.2) is 243 Å². The lowest BCUT2D eigenvalue weighted by Gasteiger charge is -2.26. The van der Waals surface area contributed by atoms with Gasteiger partial charge in [0, 0.05) is 88.3 Å². The first-order chi connectivity index (χ1) is 36.5. The SMILES string of the molecule is Cc1ccc(N(c2ccccc2)c2ccc3c4cccc5c6c(-c7ccccc7)c7c(c(-c8ccccc8)c6n(c3c2)c45)c2cccc3c4ccc(N(c5ccccc5)c5ccc(C(C)C)cc5)cc4n7c32)cc1. The smallest absolute Gasteiger partial charge is 0.0634 e. The van der Waals surface area contributed by atoms with Crippen LogP contribution < -0.4 is 9.80 Å². The third-order valence-corrected chi connectivity index (χ3v) is 15.8. The van der Waals surface area contributed by atoms with Gasteiger partial charge in [-0.25, -0.2) is 0 Å². The highest BCUT2D eigenvalue weighted by Crippen LogP contribution is 2.55. The number of para-hydroxylation sites is 4. The van der Waals surface area contributed by atoms with Gasteiger partial charge in [-0.1, -0.05) is 189 Å². The Bertz CT molecular complexity index is 4590. The normalized spacial score (nSPS) is 12.1. The average molecular weight is 947 g/mol. The van der Waals surface area contributed by atoms with Crippen molar-refractivity contribution >= 4 is 110 Å². The van der Waals surface area contributed by atoms with Crippen LogP contribution in [0.2, 0.25) is 0 Å². The summed E-state index contributed by atoms with van der Waals surface area (Å²) in [5, 5.41) is 9.99. The minimum atomic E-state index is 0.444. The molecule has 4 heterocycles. The Hall–Kier alpha value is -9.38. The molecule has 11 aromatic carbocycles. The fourth-order valence-corrected chi connectivity index (χ4v) is 12.5. The first-order valence-corrected chi connectivity index (χ1v) is 25.9. The first-order valence-electron chi connectivity index (χ1n) is 25.9. The standard InChI is InChI=1S/C70H50N4/c1-44(2)46-32-36-52(37-33-46)72(50-24-14-7-15-25-50)54-39-41-56-58-27-17-29-60-66-63(47-18-8-4-9-19-47)69-65(64(48-20-10-5-11-21-48)70(66)74(68(58)60)62(56)43-54)59-28-16-26-57-55-40-38-53(42-61(55)73(69)67(57)59)71(49-22-12-6-13-23-49)51-34-30-45(3)31-35-51/h4-44H,1-3H3. The number of aryl methyl sites for hydroxylation is 1. The Labute approximate surface area is 429 Å². The summed E-state index contributed by atoms with van der Waals surface area (Å²) in [5.41, 5.74) is 21.4. The van der Waals surface area contributed by atoms with E-state index >= 15 is 0 Å². The van der Waals surface area contributed by atoms with Crippen molar-refractivity contribution in [2.75, 3.05) is 9.80 Å². The molecule has 4 nitrogen and oxygen atoms in total. The van der Waals surface area contributed by atoms with Crippen molar-refractivity contribution in [1.29, 1.82) is 0 Å². The van der Waals surface area contributed by atoms with E-state index in [1.807, 2.05) is 0 Å². The lowest BCUT2D eigenvalue weighted by molar-refractivity contribution is 0.866. The summed E-state index contributed by atoms with van der Waals surface area (Å²) in [5.74, 6) is 0.444. The molecule has 15 aromatic rings. The maximum Gasteiger partial charge on any atom is 0.0634 e. The molecule has 4 aromatic heterocycles. The van der Waals surface area contributed by atoms with Gasteiger partial charge in [0.15, 0.2) is 0 Å². The van der Waals surface area contributed by atoms with Crippen molar-refractivity contribution in [1.82, 2.24) is 8.80 Å². The Morgan fingerprint density at radius 2 is 0.676 bits per heavy atom. The van der Waals surface area contributed by atoms with Crippen molar-refractivity contribution in [2.24, 2.45) is 0 Å². The maximum atomic E-state index is 2.63. The van der Waals surface area contributed by atoms with E-state index in [1.54, 1.807) is 0 Å². The quantitative estimate of drug-likeness (QED) is 0.143. The second-order valence-electron chi connectivity index (χ2n) is 20.3. The first kappa shape index (κ1) is 42.3. The Kier molecular flexibility index (Phi) is 9.33. The highest BCUT2D eigenvalue weighted by molar-refractivity contribution is 6.38. The largest absolute Gasteiger partial charge is 0.310 e. The molecule has 0 unspecified atom stereocenters. The highest BCUT2D eigenvalue weighted by atomic mass is 15.1. The number of hydrogen-bond acceptors (Lipinski definition) is 2. The van der Waals surface area contributed by atoms with Gasteiger partial charge in [-0.2, -0.15) is 0 Å². The Morgan fingerprint density at radius 1 is 0.311 bits per heavy atom. The van der Waals surface area contributed by atoms with Crippen LogP contribution in [0.25, 0.3) is 98.4 Å². The van der Waals surface area contributed by atoms with Crippen molar-refractivity contribution < 1.29 is 0 Å². The van der Waals surface area contributed by atoms with Crippen molar-refractivity contribution in [3.05, 3.63) is 254 Å². The molecule has 0 spiro atoms. The zero-order valence-corrected chi connectivity index (χ0v) is 41.5. The van der Waals surface area contributed by atoms with Gasteiger partial charge in [-0.05, 0) is 102 Å². The predicted molar refractivity (Wildman–Crippen MR) is 315 cm³/mol. The van der Waals surface area contributed by atoms with Gasteiger partial charge in [0.2, 0.25) is 0 Å². The molecule has 0 aliphatic rings. The van der Waals surface area contributed by atoms with Crippen molar-refractivity contribution in [3.8, 4) is 22.3 Å². The molecule has 350 valence electrons. The fraction of sp³-hybridized carbons (Fsp3) is 0.0571. The van der Waals surface area contributed by atoms with Gasteiger partial charge in [0.1, 0.15) is 0 Å². The van der Waals surface area contributed by atoms with Crippen LogP contribution >= 0.6 is 0 Å². The Balaban J connectivity index is 1.11. The molecule has 0 aliphatic carbocycles. The molecule has 0 saturated heterocycles. The number of anilines is 6. The molecule has 0 bridgehead atoms. The minimum absolute atomic E-state index is 0.444. The highest BCUT2D eigenvalue weighted by Gasteiger charge is 2.31. The molecule has 0 amide bonds. The molecular formula is C70H50N4. The Morgan fingerprint density at radius 3 is 1.09 bits per heavy atom. The summed E-state index contributed by atoms with van der Waals surface area (Å²) < 4.78 is 5.25. The van der Waals surface area contributed by atoms with Crippen LogP contribution in [-0.2, 0) is 0 Å². The molecule has 0 saturated carbocycles. The number of aromatic nitrogens is 2. The number of nitrogens with zero attached hydrogens (tertiary/aromatic N) is 4. The third kappa shape index (κ3) is 6.15. The van der Waals surface area contributed by atoms with Crippen LogP contribution in [0, 0.1) is 6.92 Å². The van der Waals surface area contributed by atoms with Gasteiger partial charge in [-0.15, -0.1) is 0 Å². The molecule has 4 heteroatoms. The van der Waals surface area contributed by atoms with Crippen molar-refractivity contribution in [3.63, 3.8) is 0 Å². The van der Waals surface area contributed by atoms with E-state index < -0.39 is 0 Å². The summed E-state index contributed by atoms with van der Waals surface area (Å²) in [7, 11) is 0. The second-order valence-corrected chi connectivity index (χ2v) is 20.3. The second kappa shape index (κ2) is 16.3. The van der Waals surface area contributed by atoms with Crippen LogP contribution in [0.3, 0.4) is 0 Å². The van der Waals surface area contributed by atoms with E-state index in [0.29, 0.717) is 5.92 Å². The molecule has 15 rings (SSSR count). The van der Waals surface area contributed by atoms with E-state index in [4.69, 9.17) is 0 Å². The number of hydrogen-bond donors (Lipinski definition) is 0. The minimum Gasteiger partial charge on any atom is -0.310 e. The lowest BCUT2D eigenvalue weighted by atomic mass is 9.89. The zero-order chi connectivity index (χ0) is 49.2. The molecule has 0 fully saturated rings. The van der Waals surface area contributed by atoms with Crippen LogP contribution in [0.4, 0.5) is 34.1 Å². The summed E-state index contributed by atoms with van der Waals surface area (Å²) >= 11 is 0. The van der Waals surface area contributed by atoms with Crippen LogP contribution in [0.1, 0.15) is 30.9 Å². The molecule has 0 atom stereocenters. The fourth-order valence-electron chi connectivity index (χ4n) is 12.5. The van der Waals surface area contributed by atoms with E-state index in [2.05, 4.69) is 282 Å². The van der Waals surface area contributed by atoms with Gasteiger partial charge in [0.05, 0.1) is 33.1 Å². The maximum absolute atomic E-state index is 2.63. The van der Waals surface area contributed by atoms with E-state index in [1.165, 1.54) is 110 Å². The third-order valence-electron chi connectivity index (χ3n) is 15.8. The summed E-state index contributed by atoms with van der Waals surface area (Å²) in [6, 6.07) is 90.1. The molecule has 74 heavy (non-hydrogen) atoms. The van der Waals surface area contributed by atoms with E-state index in [-0.39, 0.29) is 0 Å². The topological polar surface area (TPSA) is 15.3 Å². The van der Waals surface area contributed by atoms with E-state index in [0.717, 1.165) is 34.1 Å².